The first-order chi connectivity index (χ1) is 13.1. The summed E-state index contributed by atoms with van der Waals surface area (Å²) >= 11 is 0. The summed E-state index contributed by atoms with van der Waals surface area (Å²) < 4.78 is 2.21. The molecule has 27 heavy (non-hydrogen) atoms. The van der Waals surface area contributed by atoms with Gasteiger partial charge in [0.2, 0.25) is 0 Å². The number of aromatic carboxylic acids is 1. The van der Waals surface area contributed by atoms with E-state index in [0.717, 1.165) is 4.57 Å². The molecule has 0 saturated heterocycles. The fraction of sp³-hybridized carbons (Fsp3) is 0. The van der Waals surface area contributed by atoms with Gasteiger partial charge in [0.1, 0.15) is 5.69 Å². The van der Waals surface area contributed by atoms with E-state index in [1.807, 2.05) is 0 Å². The van der Waals surface area contributed by atoms with E-state index in [1.165, 1.54) is 41.5 Å². The van der Waals surface area contributed by atoms with Gasteiger partial charge in [-0.3, -0.25) is 9.97 Å². The Hall–Kier alpha value is -4.21. The summed E-state index contributed by atoms with van der Waals surface area (Å²) in [5.41, 5.74) is -0.474. The van der Waals surface area contributed by atoms with Gasteiger partial charge in [0, 0.05) is 24.8 Å². The van der Waals surface area contributed by atoms with E-state index < -0.39 is 17.3 Å². The maximum atomic E-state index is 12.2. The minimum atomic E-state index is -0.990. The van der Waals surface area contributed by atoms with Crippen molar-refractivity contribution in [2.24, 2.45) is 0 Å². The summed E-state index contributed by atoms with van der Waals surface area (Å²) in [6.45, 7) is 0. The zero-order valence-corrected chi connectivity index (χ0v) is 13.7. The Kier molecular flexibility index (Phi) is 5.07. The molecule has 1 N–H and O–H groups in total. The average Bonchev–Trinajstić information content (AvgIpc) is 2.70. The van der Waals surface area contributed by atoms with Gasteiger partial charge in [0.25, 0.3) is 0 Å². The Labute approximate surface area is 151 Å². The molecule has 0 aliphatic heterocycles. The molecule has 0 saturated carbocycles. The minimum absolute atomic E-state index is 0.0810. The van der Waals surface area contributed by atoms with Crippen LogP contribution in [0.1, 0.15) is 10.5 Å². The number of hydrogen-bond donors (Lipinski definition) is 1. The molecule has 0 amide bonds. The van der Waals surface area contributed by atoms with Crippen molar-refractivity contribution in [3.63, 3.8) is 0 Å². The van der Waals surface area contributed by atoms with Crippen LogP contribution < -0.4 is 11.4 Å². The van der Waals surface area contributed by atoms with Gasteiger partial charge in [0.15, 0.2) is 5.65 Å². The van der Waals surface area contributed by atoms with Crippen LogP contribution in [0.4, 0.5) is 0 Å². The predicted molar refractivity (Wildman–Crippen MR) is 93.8 cm³/mol. The number of carboxylic acid groups (broad SMARTS) is 1. The van der Waals surface area contributed by atoms with Crippen LogP contribution in [-0.2, 0) is 0 Å². The molecule has 0 aromatic carbocycles. The maximum absolute atomic E-state index is 12.2. The molecule has 10 heteroatoms. The standard InChI is InChI=1S/C11H7N5O2.C6H5NO2/c17-10-14-9-7-13-4-5-15(9)11(18)16(10)8-2-1-3-12-6-8;8-6(9)5-3-1-2-4-7-5/h1-7H;1-4H,(H,8,9). The van der Waals surface area contributed by atoms with Gasteiger partial charge in [-0.25, -0.2) is 28.3 Å². The molecule has 0 bridgehead atoms. The number of pyridine rings is 2. The molecular weight excluding hydrogens is 352 g/mol. The van der Waals surface area contributed by atoms with E-state index in [0.29, 0.717) is 5.69 Å². The lowest BCUT2D eigenvalue weighted by Gasteiger charge is -2.04. The third kappa shape index (κ3) is 3.90. The van der Waals surface area contributed by atoms with E-state index in [9.17, 15) is 14.4 Å². The van der Waals surface area contributed by atoms with Crippen molar-refractivity contribution in [3.05, 3.63) is 94.2 Å². The van der Waals surface area contributed by atoms with Crippen molar-refractivity contribution < 1.29 is 9.90 Å². The molecule has 0 aliphatic rings. The highest BCUT2D eigenvalue weighted by Crippen LogP contribution is 1.98. The summed E-state index contributed by atoms with van der Waals surface area (Å²) in [4.78, 5) is 49.2. The van der Waals surface area contributed by atoms with Crippen molar-refractivity contribution in [1.29, 1.82) is 0 Å². The summed E-state index contributed by atoms with van der Waals surface area (Å²) in [6.07, 6.45) is 8.70. The molecule has 4 aromatic rings. The van der Waals surface area contributed by atoms with Gasteiger partial charge >= 0.3 is 17.3 Å². The lowest BCUT2D eigenvalue weighted by molar-refractivity contribution is 0.0690. The number of rotatable bonds is 2. The summed E-state index contributed by atoms with van der Waals surface area (Å²) in [7, 11) is 0. The molecular formula is C17H12N6O4. The minimum Gasteiger partial charge on any atom is -0.477 e. The fourth-order valence-corrected chi connectivity index (χ4v) is 2.13. The van der Waals surface area contributed by atoms with Crippen LogP contribution in [-0.4, -0.2) is 40.0 Å². The Bertz CT molecular complexity index is 1190. The van der Waals surface area contributed by atoms with Gasteiger partial charge in [-0.1, -0.05) is 6.07 Å². The average molecular weight is 364 g/mol. The number of nitrogens with zero attached hydrogens (tertiary/aromatic N) is 6. The quantitative estimate of drug-likeness (QED) is 0.541. The van der Waals surface area contributed by atoms with Crippen molar-refractivity contribution in [3.8, 4) is 5.69 Å². The summed E-state index contributed by atoms with van der Waals surface area (Å²) in [5, 5.41) is 8.32. The van der Waals surface area contributed by atoms with Crippen molar-refractivity contribution in [1.82, 2.24) is 28.9 Å². The Morgan fingerprint density at radius 1 is 0.963 bits per heavy atom. The number of carboxylic acids is 1. The van der Waals surface area contributed by atoms with Crippen LogP contribution in [0.5, 0.6) is 0 Å². The molecule has 0 atom stereocenters. The number of fused-ring (bicyclic) bond motifs is 1. The number of carbonyl (C=O) groups is 1. The molecule has 0 radical (unpaired) electrons. The summed E-state index contributed by atoms with van der Waals surface area (Å²) in [5.74, 6) is -0.990. The SMILES string of the molecule is O=C(O)c1ccccn1.O=c1nc2cnccn2c(=O)n1-c1cccnc1. The van der Waals surface area contributed by atoms with Crippen LogP contribution in [0.2, 0.25) is 0 Å². The third-order valence-electron chi connectivity index (χ3n) is 3.33. The third-order valence-corrected chi connectivity index (χ3v) is 3.33. The normalized spacial score (nSPS) is 10.1. The second-order valence-electron chi connectivity index (χ2n) is 5.05. The van der Waals surface area contributed by atoms with Crippen LogP contribution in [0.15, 0.2) is 77.1 Å². The first-order valence-corrected chi connectivity index (χ1v) is 7.58. The lowest BCUT2D eigenvalue weighted by Crippen LogP contribution is -2.38. The maximum Gasteiger partial charge on any atom is 0.358 e. The Morgan fingerprint density at radius 3 is 2.41 bits per heavy atom. The number of aromatic nitrogens is 6. The molecule has 10 nitrogen and oxygen atoms in total. The second kappa shape index (κ2) is 7.78. The predicted octanol–water partition coefficient (Wildman–Crippen LogP) is 0.415. The molecule has 4 heterocycles. The zero-order valence-electron chi connectivity index (χ0n) is 13.7. The topological polar surface area (TPSA) is 132 Å². The van der Waals surface area contributed by atoms with E-state index >= 15 is 0 Å². The summed E-state index contributed by atoms with van der Waals surface area (Å²) in [6, 6.07) is 8.01. The van der Waals surface area contributed by atoms with E-state index in [2.05, 4.69) is 19.9 Å². The van der Waals surface area contributed by atoms with Crippen molar-refractivity contribution in [2.75, 3.05) is 0 Å². The molecule has 134 valence electrons. The molecule has 4 rings (SSSR count). The first-order valence-electron chi connectivity index (χ1n) is 7.58. The lowest BCUT2D eigenvalue weighted by atomic mass is 10.4. The van der Waals surface area contributed by atoms with Gasteiger partial charge in [-0.05, 0) is 24.3 Å². The van der Waals surface area contributed by atoms with Crippen LogP contribution in [0.3, 0.4) is 0 Å². The molecule has 0 aliphatic carbocycles. The smallest absolute Gasteiger partial charge is 0.358 e. The van der Waals surface area contributed by atoms with Gasteiger partial charge in [-0.2, -0.15) is 4.98 Å². The van der Waals surface area contributed by atoms with E-state index in [-0.39, 0.29) is 11.3 Å². The molecule has 0 fully saturated rings. The highest BCUT2D eigenvalue weighted by molar-refractivity contribution is 5.85. The Morgan fingerprint density at radius 2 is 1.78 bits per heavy atom. The van der Waals surface area contributed by atoms with Gasteiger partial charge in [0.05, 0.1) is 18.1 Å². The largest absolute Gasteiger partial charge is 0.477 e. The van der Waals surface area contributed by atoms with Crippen LogP contribution in [0.25, 0.3) is 11.3 Å². The van der Waals surface area contributed by atoms with Gasteiger partial charge < -0.3 is 5.11 Å². The van der Waals surface area contributed by atoms with Crippen LogP contribution in [0, 0.1) is 0 Å². The van der Waals surface area contributed by atoms with E-state index in [4.69, 9.17) is 5.11 Å². The van der Waals surface area contributed by atoms with Crippen molar-refractivity contribution in [2.45, 2.75) is 0 Å². The fourth-order valence-electron chi connectivity index (χ4n) is 2.13. The monoisotopic (exact) mass is 364 g/mol. The molecule has 4 aromatic heterocycles. The van der Waals surface area contributed by atoms with Crippen molar-refractivity contribution >= 4 is 11.6 Å². The Balaban J connectivity index is 0.000000197. The molecule has 0 unspecified atom stereocenters. The first kappa shape index (κ1) is 17.6. The van der Waals surface area contributed by atoms with Gasteiger partial charge in [-0.15, -0.1) is 0 Å². The zero-order chi connectivity index (χ0) is 19.2. The number of hydrogen-bond acceptors (Lipinski definition) is 7. The van der Waals surface area contributed by atoms with E-state index in [1.54, 1.807) is 30.5 Å². The second-order valence-corrected chi connectivity index (χ2v) is 5.05. The van der Waals surface area contributed by atoms with Crippen LogP contribution >= 0.6 is 0 Å². The molecule has 0 spiro atoms. The highest BCUT2D eigenvalue weighted by atomic mass is 16.4. The highest BCUT2D eigenvalue weighted by Gasteiger charge is 2.09.